The largest absolute Gasteiger partial charge is 0.375 e. The molecule has 0 aliphatic heterocycles. The zero-order valence-corrected chi connectivity index (χ0v) is 21.1. The van der Waals surface area contributed by atoms with Crippen molar-refractivity contribution in [3.05, 3.63) is 41.6 Å². The lowest BCUT2D eigenvalue weighted by Crippen LogP contribution is -2.39. The first-order valence-electron chi connectivity index (χ1n) is 11.2. The smallest absolute Gasteiger partial charge is 0.246 e. The third-order valence-corrected chi connectivity index (χ3v) is 5.64. The lowest BCUT2D eigenvalue weighted by Gasteiger charge is -2.15. The van der Waals surface area contributed by atoms with Crippen molar-refractivity contribution in [2.75, 3.05) is 25.6 Å². The number of rotatable bonds is 8. The van der Waals surface area contributed by atoms with E-state index in [0.29, 0.717) is 28.9 Å². The van der Waals surface area contributed by atoms with Crippen LogP contribution in [0.3, 0.4) is 0 Å². The Bertz CT molecular complexity index is 1340. The molecule has 0 aromatic carbocycles. The fraction of sp³-hybridized carbons (Fsp3) is 0.375. The van der Waals surface area contributed by atoms with Gasteiger partial charge in [-0.15, -0.1) is 0 Å². The number of ether oxygens (including phenoxy) is 1. The van der Waals surface area contributed by atoms with E-state index in [4.69, 9.17) is 26.3 Å². The number of halogens is 1. The monoisotopic (exact) mass is 496 g/mol. The van der Waals surface area contributed by atoms with Crippen LogP contribution in [0.4, 0.5) is 5.95 Å². The minimum Gasteiger partial charge on any atom is -0.375 e. The van der Waals surface area contributed by atoms with E-state index in [1.807, 2.05) is 19.1 Å². The third-order valence-electron chi connectivity index (χ3n) is 5.33. The van der Waals surface area contributed by atoms with Gasteiger partial charge in [-0.2, -0.15) is 0 Å². The van der Waals surface area contributed by atoms with Crippen LogP contribution in [-0.2, 0) is 14.9 Å². The molecule has 4 aromatic heterocycles. The topological polar surface area (TPSA) is 134 Å². The van der Waals surface area contributed by atoms with Crippen molar-refractivity contribution in [2.45, 2.75) is 39.2 Å². The first-order chi connectivity index (χ1) is 16.7. The fourth-order valence-electron chi connectivity index (χ4n) is 3.55. The van der Waals surface area contributed by atoms with E-state index in [-0.39, 0.29) is 24.0 Å². The molecule has 184 valence electrons. The minimum absolute atomic E-state index is 0.0175. The van der Waals surface area contributed by atoms with Gasteiger partial charge >= 0.3 is 0 Å². The van der Waals surface area contributed by atoms with Gasteiger partial charge in [0, 0.05) is 54.7 Å². The molecule has 4 rings (SSSR count). The molecule has 0 unspecified atom stereocenters. The molecule has 1 amide bonds. The molecule has 4 aromatic rings. The predicted molar refractivity (Wildman–Crippen MR) is 136 cm³/mol. The lowest BCUT2D eigenvalue weighted by atomic mass is 9.96. The number of fused-ring (bicyclic) bond motifs is 1. The molecular formula is C24H29ClN8O2. The van der Waals surface area contributed by atoms with Crippen LogP contribution in [0, 0.1) is 0 Å². The Morgan fingerprint density at radius 3 is 2.80 bits per heavy atom. The maximum atomic E-state index is 11.7. The molecule has 0 aliphatic rings. The number of pyridine rings is 1. The highest BCUT2D eigenvalue weighted by Crippen LogP contribution is 2.34. The summed E-state index contributed by atoms with van der Waals surface area (Å²) in [6.07, 6.45) is 5.17. The molecule has 0 aliphatic carbocycles. The molecule has 4 heterocycles. The van der Waals surface area contributed by atoms with Crippen LogP contribution >= 0.6 is 11.6 Å². The molecule has 0 bridgehead atoms. The first-order valence-corrected chi connectivity index (χ1v) is 11.6. The Morgan fingerprint density at radius 2 is 2.06 bits per heavy atom. The number of nitrogens with one attached hydrogen (secondary N) is 4. The van der Waals surface area contributed by atoms with Gasteiger partial charge in [-0.1, -0.05) is 32.4 Å². The molecule has 0 radical (unpaired) electrons. The lowest BCUT2D eigenvalue weighted by molar-refractivity contribution is -0.125. The Labute approximate surface area is 208 Å². The Balaban J connectivity index is 1.65. The molecule has 11 heteroatoms. The second-order valence-electron chi connectivity index (χ2n) is 9.36. The second-order valence-corrected chi connectivity index (χ2v) is 9.77. The van der Waals surface area contributed by atoms with Crippen molar-refractivity contribution >= 4 is 34.5 Å². The molecule has 10 nitrogen and oxygen atoms in total. The van der Waals surface area contributed by atoms with Gasteiger partial charge < -0.3 is 25.3 Å². The van der Waals surface area contributed by atoms with Gasteiger partial charge in [0.25, 0.3) is 0 Å². The number of hydrogen-bond acceptors (Lipinski definition) is 7. The van der Waals surface area contributed by atoms with E-state index in [1.54, 1.807) is 18.6 Å². The maximum Gasteiger partial charge on any atom is 0.246 e. The quantitative estimate of drug-likeness (QED) is 0.290. The zero-order valence-electron chi connectivity index (χ0n) is 20.4. The van der Waals surface area contributed by atoms with Gasteiger partial charge in [0.2, 0.25) is 11.9 Å². The highest BCUT2D eigenvalue weighted by atomic mass is 35.5. The van der Waals surface area contributed by atoms with Crippen LogP contribution in [0.1, 0.15) is 33.5 Å². The molecule has 0 saturated carbocycles. The molecule has 0 spiro atoms. The van der Waals surface area contributed by atoms with E-state index >= 15 is 0 Å². The van der Waals surface area contributed by atoms with Crippen molar-refractivity contribution in [1.82, 2.24) is 35.2 Å². The van der Waals surface area contributed by atoms with Crippen LogP contribution < -0.4 is 10.6 Å². The van der Waals surface area contributed by atoms with Crippen LogP contribution in [-0.4, -0.2) is 62.1 Å². The summed E-state index contributed by atoms with van der Waals surface area (Å²) in [5.41, 5.74) is 3.49. The number of imidazole rings is 1. The Morgan fingerprint density at radius 1 is 1.26 bits per heavy atom. The molecule has 4 N–H and O–H groups in total. The number of methoxy groups -OCH3 is 1. The number of H-pyrrole nitrogens is 2. The normalized spacial score (nSPS) is 12.6. The van der Waals surface area contributed by atoms with E-state index in [2.05, 4.69) is 51.3 Å². The SMILES string of the molecule is COCC(=O)N[C@@H](C)CNc1nccc(-c2[nH]c(C(C)(C)C)nc2-c2cnc3[nH]cc(Cl)c3c2)n1. The summed E-state index contributed by atoms with van der Waals surface area (Å²) in [7, 11) is 1.48. The van der Waals surface area contributed by atoms with Crippen molar-refractivity contribution in [3.63, 3.8) is 0 Å². The molecule has 1 atom stereocenters. The van der Waals surface area contributed by atoms with Crippen LogP contribution in [0.2, 0.25) is 5.02 Å². The van der Waals surface area contributed by atoms with Crippen LogP contribution in [0.25, 0.3) is 33.7 Å². The van der Waals surface area contributed by atoms with Gasteiger partial charge in [0.1, 0.15) is 18.1 Å². The number of aromatic nitrogens is 6. The summed E-state index contributed by atoms with van der Waals surface area (Å²) in [6.45, 7) is 8.64. The van der Waals surface area contributed by atoms with Crippen molar-refractivity contribution in [1.29, 1.82) is 0 Å². The van der Waals surface area contributed by atoms with Gasteiger partial charge in [0.15, 0.2) is 0 Å². The van der Waals surface area contributed by atoms with Gasteiger partial charge in [-0.25, -0.2) is 19.9 Å². The highest BCUT2D eigenvalue weighted by Gasteiger charge is 2.24. The number of hydrogen-bond donors (Lipinski definition) is 4. The molecule has 0 saturated heterocycles. The average Bonchev–Trinajstić information content (AvgIpc) is 3.42. The summed E-state index contributed by atoms with van der Waals surface area (Å²) in [4.78, 5) is 36.7. The summed E-state index contributed by atoms with van der Waals surface area (Å²) < 4.78 is 4.85. The van der Waals surface area contributed by atoms with E-state index in [1.165, 1.54) is 7.11 Å². The molecular weight excluding hydrogens is 468 g/mol. The highest BCUT2D eigenvalue weighted by molar-refractivity contribution is 6.35. The fourth-order valence-corrected chi connectivity index (χ4v) is 3.75. The van der Waals surface area contributed by atoms with Crippen molar-refractivity contribution in [2.24, 2.45) is 0 Å². The number of amides is 1. The zero-order chi connectivity index (χ0) is 25.2. The maximum absolute atomic E-state index is 11.7. The Kier molecular flexibility index (Phi) is 7.04. The summed E-state index contributed by atoms with van der Waals surface area (Å²) in [6, 6.07) is 3.66. The second kappa shape index (κ2) is 10.0. The number of aromatic amines is 2. The first kappa shape index (κ1) is 24.6. The molecule has 35 heavy (non-hydrogen) atoms. The van der Waals surface area contributed by atoms with Crippen LogP contribution in [0.15, 0.2) is 30.7 Å². The van der Waals surface area contributed by atoms with Gasteiger partial charge in [-0.3, -0.25) is 4.79 Å². The predicted octanol–water partition coefficient (Wildman–Crippen LogP) is 3.92. The summed E-state index contributed by atoms with van der Waals surface area (Å²) in [5.74, 6) is 1.09. The Hall–Kier alpha value is -3.50. The van der Waals surface area contributed by atoms with E-state index < -0.39 is 0 Å². The number of carbonyl (C=O) groups is 1. The van der Waals surface area contributed by atoms with Crippen molar-refractivity contribution in [3.8, 4) is 22.6 Å². The average molecular weight is 497 g/mol. The van der Waals surface area contributed by atoms with Gasteiger partial charge in [-0.05, 0) is 19.1 Å². The van der Waals surface area contributed by atoms with Gasteiger partial charge in [0.05, 0.1) is 22.1 Å². The minimum atomic E-state index is -0.208. The standard InChI is InChI=1S/C24H29ClN8O2/c1-13(30-18(34)12-35-5)9-29-23-26-7-6-17(31-23)20-19(32-22(33-20)24(2,3)4)14-8-15-16(25)11-28-21(15)27-10-14/h6-8,10-11,13H,9,12H2,1-5H3,(H,27,28)(H,30,34)(H,32,33)(H,26,29,31)/t13-/m0/s1. The third kappa shape index (κ3) is 5.60. The van der Waals surface area contributed by atoms with Crippen molar-refractivity contribution < 1.29 is 9.53 Å². The van der Waals surface area contributed by atoms with E-state index in [9.17, 15) is 4.79 Å². The number of carbonyl (C=O) groups excluding carboxylic acids is 1. The summed E-state index contributed by atoms with van der Waals surface area (Å²) in [5, 5.41) is 7.45. The number of nitrogens with zero attached hydrogens (tertiary/aromatic N) is 4. The molecule has 0 fully saturated rings. The van der Waals surface area contributed by atoms with E-state index in [0.717, 1.165) is 28.2 Å². The van der Waals surface area contributed by atoms with Crippen LogP contribution in [0.5, 0.6) is 0 Å². The summed E-state index contributed by atoms with van der Waals surface area (Å²) >= 11 is 6.34. The number of anilines is 1.